The molecule has 1 N–H and O–H groups in total. The standard InChI is InChI=1S/C32H37N5O3/c1-24-10-8-11-25(2)30(24)40-32(38)37(21-9-14-26-12-6-5-7-13-26)29-19-20-33-31(35-29)34-27-15-17-28(18-16-27)39-23-22-36(3)4/h5-8,10-13,15-20H,9,14,21-23H2,1-4H3,(H,33,34,35). The Morgan fingerprint density at radius 3 is 2.30 bits per heavy atom. The van der Waals surface area contributed by atoms with E-state index in [-0.39, 0.29) is 0 Å². The molecule has 0 saturated carbocycles. The van der Waals surface area contributed by atoms with Crippen LogP contribution in [0.5, 0.6) is 11.5 Å². The van der Waals surface area contributed by atoms with Gasteiger partial charge in [0, 0.05) is 25.0 Å². The molecule has 4 aromatic rings. The number of nitrogens with zero attached hydrogens (tertiary/aromatic N) is 4. The molecule has 0 bridgehead atoms. The summed E-state index contributed by atoms with van der Waals surface area (Å²) in [6.07, 6.45) is 2.73. The van der Waals surface area contributed by atoms with Crippen molar-refractivity contribution in [2.75, 3.05) is 44.0 Å². The number of aromatic nitrogens is 2. The summed E-state index contributed by atoms with van der Waals surface area (Å²) in [6, 6.07) is 25.4. The first-order valence-corrected chi connectivity index (χ1v) is 13.5. The summed E-state index contributed by atoms with van der Waals surface area (Å²) in [5.41, 5.74) is 3.82. The van der Waals surface area contributed by atoms with Crippen LogP contribution in [0.2, 0.25) is 0 Å². The zero-order chi connectivity index (χ0) is 28.3. The third kappa shape index (κ3) is 8.28. The molecule has 0 aliphatic rings. The summed E-state index contributed by atoms with van der Waals surface area (Å²) < 4.78 is 11.7. The highest BCUT2D eigenvalue weighted by Crippen LogP contribution is 2.25. The van der Waals surface area contributed by atoms with Gasteiger partial charge in [0.05, 0.1) is 0 Å². The van der Waals surface area contributed by atoms with E-state index in [0.717, 1.165) is 42.0 Å². The molecule has 0 aliphatic carbocycles. The molecule has 0 fully saturated rings. The monoisotopic (exact) mass is 539 g/mol. The third-order valence-corrected chi connectivity index (χ3v) is 6.34. The van der Waals surface area contributed by atoms with Crippen molar-refractivity contribution in [3.05, 3.63) is 102 Å². The number of benzene rings is 3. The van der Waals surface area contributed by atoms with Gasteiger partial charge in [0.25, 0.3) is 0 Å². The number of carbonyl (C=O) groups excluding carboxylic acids is 1. The zero-order valence-corrected chi connectivity index (χ0v) is 23.6. The highest BCUT2D eigenvalue weighted by atomic mass is 16.6. The smallest absolute Gasteiger partial charge is 0.420 e. The minimum Gasteiger partial charge on any atom is -0.492 e. The van der Waals surface area contributed by atoms with Crippen LogP contribution < -0.4 is 19.7 Å². The van der Waals surface area contributed by atoms with Gasteiger partial charge in [0.1, 0.15) is 23.9 Å². The summed E-state index contributed by atoms with van der Waals surface area (Å²) in [6.45, 7) is 5.76. The number of ether oxygens (including phenoxy) is 2. The molecule has 0 atom stereocenters. The average Bonchev–Trinajstić information content (AvgIpc) is 2.94. The van der Waals surface area contributed by atoms with Crippen LogP contribution in [0.15, 0.2) is 85.1 Å². The molecule has 4 rings (SSSR count). The summed E-state index contributed by atoms with van der Waals surface area (Å²) >= 11 is 0. The fraction of sp³-hybridized carbons (Fsp3) is 0.281. The van der Waals surface area contributed by atoms with Gasteiger partial charge in [-0.15, -0.1) is 0 Å². The van der Waals surface area contributed by atoms with Crippen molar-refractivity contribution in [1.82, 2.24) is 14.9 Å². The Balaban J connectivity index is 1.49. The predicted octanol–water partition coefficient (Wildman–Crippen LogP) is 6.42. The van der Waals surface area contributed by atoms with Crippen molar-refractivity contribution in [2.45, 2.75) is 26.7 Å². The van der Waals surface area contributed by atoms with Crippen LogP contribution in [0, 0.1) is 13.8 Å². The van der Waals surface area contributed by atoms with Gasteiger partial charge in [-0.1, -0.05) is 48.5 Å². The summed E-state index contributed by atoms with van der Waals surface area (Å²) in [5, 5.41) is 3.22. The van der Waals surface area contributed by atoms with Crippen LogP contribution in [0.3, 0.4) is 0 Å². The molecule has 0 aliphatic heterocycles. The Hall–Kier alpha value is -4.43. The van der Waals surface area contributed by atoms with Crippen LogP contribution in [0.25, 0.3) is 0 Å². The number of anilines is 3. The minimum atomic E-state index is -0.477. The van der Waals surface area contributed by atoms with Crippen molar-refractivity contribution in [3.8, 4) is 11.5 Å². The van der Waals surface area contributed by atoms with Crippen molar-refractivity contribution < 1.29 is 14.3 Å². The molecular weight excluding hydrogens is 502 g/mol. The highest BCUT2D eigenvalue weighted by molar-refractivity contribution is 5.88. The van der Waals surface area contributed by atoms with E-state index in [1.807, 2.05) is 88.6 Å². The maximum Gasteiger partial charge on any atom is 0.420 e. The molecule has 1 aromatic heterocycles. The number of para-hydroxylation sites is 1. The first-order chi connectivity index (χ1) is 19.4. The lowest BCUT2D eigenvalue weighted by Crippen LogP contribution is -2.35. The van der Waals surface area contributed by atoms with E-state index in [1.165, 1.54) is 5.56 Å². The Morgan fingerprint density at radius 1 is 0.875 bits per heavy atom. The maximum atomic E-state index is 13.5. The topological polar surface area (TPSA) is 79.8 Å². The molecule has 1 heterocycles. The minimum absolute atomic E-state index is 0.381. The number of rotatable bonds is 12. The molecule has 1 amide bonds. The molecule has 40 heavy (non-hydrogen) atoms. The quantitative estimate of drug-likeness (QED) is 0.223. The van der Waals surface area contributed by atoms with E-state index in [4.69, 9.17) is 9.47 Å². The summed E-state index contributed by atoms with van der Waals surface area (Å²) in [7, 11) is 4.02. The van der Waals surface area contributed by atoms with Gasteiger partial charge in [0.15, 0.2) is 0 Å². The molecule has 3 aromatic carbocycles. The number of amides is 1. The number of carbonyl (C=O) groups is 1. The number of likely N-dealkylation sites (N-methyl/N-ethyl adjacent to an activating group) is 1. The molecule has 0 unspecified atom stereocenters. The third-order valence-electron chi connectivity index (χ3n) is 6.34. The second kappa shape index (κ2) is 14.1. The van der Waals surface area contributed by atoms with Gasteiger partial charge < -0.3 is 19.7 Å². The fourth-order valence-electron chi connectivity index (χ4n) is 4.16. The largest absolute Gasteiger partial charge is 0.492 e. The van der Waals surface area contributed by atoms with E-state index in [0.29, 0.717) is 30.7 Å². The van der Waals surface area contributed by atoms with Gasteiger partial charge in [-0.05, 0) is 87.8 Å². The zero-order valence-electron chi connectivity index (χ0n) is 23.6. The van der Waals surface area contributed by atoms with Crippen LogP contribution in [0.1, 0.15) is 23.1 Å². The molecule has 208 valence electrons. The molecule has 8 heteroatoms. The fourth-order valence-corrected chi connectivity index (χ4v) is 4.16. The second-order valence-electron chi connectivity index (χ2n) is 9.87. The summed E-state index contributed by atoms with van der Waals surface area (Å²) in [5.74, 6) is 2.21. The second-order valence-corrected chi connectivity index (χ2v) is 9.87. The van der Waals surface area contributed by atoms with Crippen LogP contribution in [-0.4, -0.2) is 54.8 Å². The van der Waals surface area contributed by atoms with Gasteiger partial charge >= 0.3 is 6.09 Å². The first-order valence-electron chi connectivity index (χ1n) is 13.5. The number of aryl methyl sites for hydroxylation is 3. The van der Waals surface area contributed by atoms with E-state index in [9.17, 15) is 4.79 Å². The summed E-state index contributed by atoms with van der Waals surface area (Å²) in [4.78, 5) is 26.2. The molecular formula is C32H37N5O3. The van der Waals surface area contributed by atoms with Crippen molar-refractivity contribution in [2.24, 2.45) is 0 Å². The van der Waals surface area contributed by atoms with Gasteiger partial charge in [0.2, 0.25) is 5.95 Å². The predicted molar refractivity (Wildman–Crippen MR) is 160 cm³/mol. The Kier molecular flexibility index (Phi) is 10.1. The van der Waals surface area contributed by atoms with E-state index in [2.05, 4.69) is 32.3 Å². The van der Waals surface area contributed by atoms with Crippen LogP contribution in [0.4, 0.5) is 22.2 Å². The SMILES string of the molecule is Cc1cccc(C)c1OC(=O)N(CCCc1ccccc1)c1ccnc(Nc2ccc(OCCN(C)C)cc2)n1. The van der Waals surface area contributed by atoms with Crippen molar-refractivity contribution >= 4 is 23.5 Å². The lowest BCUT2D eigenvalue weighted by Gasteiger charge is -2.22. The molecule has 0 radical (unpaired) electrons. The normalized spacial score (nSPS) is 10.8. The van der Waals surface area contributed by atoms with Crippen molar-refractivity contribution in [1.29, 1.82) is 0 Å². The number of nitrogens with one attached hydrogen (secondary N) is 1. The van der Waals surface area contributed by atoms with Gasteiger partial charge in [-0.25, -0.2) is 9.78 Å². The van der Waals surface area contributed by atoms with Gasteiger partial charge in [-0.3, -0.25) is 4.90 Å². The van der Waals surface area contributed by atoms with E-state index < -0.39 is 6.09 Å². The van der Waals surface area contributed by atoms with E-state index in [1.54, 1.807) is 17.2 Å². The Morgan fingerprint density at radius 2 is 1.60 bits per heavy atom. The van der Waals surface area contributed by atoms with Crippen molar-refractivity contribution in [3.63, 3.8) is 0 Å². The number of hydrogen-bond donors (Lipinski definition) is 1. The van der Waals surface area contributed by atoms with E-state index >= 15 is 0 Å². The Labute approximate surface area is 236 Å². The van der Waals surface area contributed by atoms with Crippen LogP contribution >= 0.6 is 0 Å². The van der Waals surface area contributed by atoms with Gasteiger partial charge in [-0.2, -0.15) is 4.98 Å². The highest BCUT2D eigenvalue weighted by Gasteiger charge is 2.21. The first kappa shape index (κ1) is 28.6. The molecule has 0 spiro atoms. The lowest BCUT2D eigenvalue weighted by atomic mass is 10.1. The maximum absolute atomic E-state index is 13.5. The molecule has 8 nitrogen and oxygen atoms in total. The average molecular weight is 540 g/mol. The lowest BCUT2D eigenvalue weighted by molar-refractivity contribution is 0.206. The van der Waals surface area contributed by atoms with Crippen LogP contribution in [-0.2, 0) is 6.42 Å². The Bertz CT molecular complexity index is 1360. The number of hydrogen-bond acceptors (Lipinski definition) is 7. The molecule has 0 saturated heterocycles.